The summed E-state index contributed by atoms with van der Waals surface area (Å²) in [4.78, 5) is 15.5. The van der Waals surface area contributed by atoms with Gasteiger partial charge in [-0.1, -0.05) is 48.0 Å². The zero-order valence-electron chi connectivity index (χ0n) is 16.5. The van der Waals surface area contributed by atoms with E-state index in [1.165, 1.54) is 35.3 Å². The van der Waals surface area contributed by atoms with Crippen molar-refractivity contribution < 1.29 is 9.90 Å². The van der Waals surface area contributed by atoms with Gasteiger partial charge in [-0.15, -0.1) is 11.3 Å². The Morgan fingerprint density at radius 1 is 1.13 bits per heavy atom. The maximum Gasteiger partial charge on any atom is 0.265 e. The van der Waals surface area contributed by atoms with Crippen LogP contribution in [0.25, 0.3) is 21.2 Å². The normalized spacial score (nSPS) is 22.6. The number of carbonyl (C=O) groups excluding carboxylic acids is 1. The molecule has 3 heterocycles. The van der Waals surface area contributed by atoms with Gasteiger partial charge in [0.25, 0.3) is 5.91 Å². The van der Waals surface area contributed by atoms with Crippen molar-refractivity contribution in [1.29, 1.82) is 0 Å². The minimum absolute atomic E-state index is 0.00713. The van der Waals surface area contributed by atoms with E-state index < -0.39 is 6.23 Å². The van der Waals surface area contributed by atoms with Crippen LogP contribution in [0.1, 0.15) is 46.8 Å². The lowest BCUT2D eigenvalue weighted by molar-refractivity contribution is 0.0255. The SMILES string of the molecule is O=C(c1sc2cc(-c3cccc(C4CC4)c3)ccc2c1Cl)N1CC2(CCC(O)N2)C1. The van der Waals surface area contributed by atoms with Crippen molar-refractivity contribution in [3.05, 3.63) is 57.9 Å². The van der Waals surface area contributed by atoms with Gasteiger partial charge in [0, 0.05) is 23.2 Å². The first-order chi connectivity index (χ1) is 14.5. The number of nitrogens with zero attached hydrogens (tertiary/aromatic N) is 1. The van der Waals surface area contributed by atoms with E-state index in [0.29, 0.717) is 23.0 Å². The Labute approximate surface area is 184 Å². The number of carbonyl (C=O) groups is 1. The van der Waals surface area contributed by atoms with Crippen LogP contribution in [0.5, 0.6) is 0 Å². The Hall–Kier alpha value is -1.92. The quantitative estimate of drug-likeness (QED) is 0.605. The lowest BCUT2D eigenvalue weighted by Gasteiger charge is -2.48. The average molecular weight is 439 g/mol. The predicted octanol–water partition coefficient (Wildman–Crippen LogP) is 5.00. The summed E-state index contributed by atoms with van der Waals surface area (Å²) in [6, 6.07) is 15.1. The second-order valence-electron chi connectivity index (χ2n) is 9.00. The van der Waals surface area contributed by atoms with Crippen LogP contribution in [-0.2, 0) is 0 Å². The van der Waals surface area contributed by atoms with Gasteiger partial charge < -0.3 is 10.0 Å². The van der Waals surface area contributed by atoms with Crippen molar-refractivity contribution in [2.75, 3.05) is 13.1 Å². The molecule has 2 saturated heterocycles. The smallest absolute Gasteiger partial charge is 0.265 e. The summed E-state index contributed by atoms with van der Waals surface area (Å²) in [5.74, 6) is 0.719. The maximum atomic E-state index is 13.1. The molecule has 0 radical (unpaired) electrons. The fourth-order valence-electron chi connectivity index (χ4n) is 4.90. The van der Waals surface area contributed by atoms with Crippen molar-refractivity contribution in [1.82, 2.24) is 10.2 Å². The molecule has 30 heavy (non-hydrogen) atoms. The number of rotatable bonds is 3. The summed E-state index contributed by atoms with van der Waals surface area (Å²) in [5, 5.41) is 14.5. The number of likely N-dealkylation sites (tertiary alicyclic amines) is 1. The molecule has 1 saturated carbocycles. The molecule has 1 aliphatic carbocycles. The van der Waals surface area contributed by atoms with E-state index in [4.69, 9.17) is 11.6 Å². The Kier molecular flexibility index (Phi) is 4.26. The Morgan fingerprint density at radius 3 is 2.67 bits per heavy atom. The lowest BCUT2D eigenvalue weighted by atomic mass is 9.88. The van der Waals surface area contributed by atoms with E-state index in [2.05, 4.69) is 41.7 Å². The number of fused-ring (bicyclic) bond motifs is 1. The fraction of sp³-hybridized carbons (Fsp3) is 0.375. The lowest BCUT2D eigenvalue weighted by Crippen LogP contribution is -2.68. The molecule has 3 aliphatic rings. The van der Waals surface area contributed by atoms with Crippen LogP contribution in [0.4, 0.5) is 0 Å². The molecule has 3 fully saturated rings. The highest BCUT2D eigenvalue weighted by Gasteiger charge is 2.49. The van der Waals surface area contributed by atoms with Gasteiger partial charge in [0.15, 0.2) is 0 Å². The monoisotopic (exact) mass is 438 g/mol. The van der Waals surface area contributed by atoms with Gasteiger partial charge in [0.05, 0.1) is 10.6 Å². The molecule has 0 bridgehead atoms. The van der Waals surface area contributed by atoms with Gasteiger partial charge in [-0.2, -0.15) is 0 Å². The van der Waals surface area contributed by atoms with Crippen LogP contribution in [0, 0.1) is 0 Å². The van der Waals surface area contributed by atoms with E-state index in [1.807, 2.05) is 11.0 Å². The number of hydrogen-bond donors (Lipinski definition) is 2. The van der Waals surface area contributed by atoms with Gasteiger partial charge in [-0.05, 0) is 54.4 Å². The molecule has 3 aromatic rings. The molecule has 2 aromatic carbocycles. The number of thiophene rings is 1. The number of aliphatic hydroxyl groups is 1. The molecule has 2 aliphatic heterocycles. The summed E-state index contributed by atoms with van der Waals surface area (Å²) < 4.78 is 1.04. The molecular formula is C24H23ClN2O2S. The molecule has 1 atom stereocenters. The van der Waals surface area contributed by atoms with Crippen molar-refractivity contribution in [3.63, 3.8) is 0 Å². The number of amides is 1. The highest BCUT2D eigenvalue weighted by Crippen LogP contribution is 2.43. The molecule has 1 unspecified atom stereocenters. The Balaban J connectivity index is 1.28. The number of aliphatic hydroxyl groups excluding tert-OH is 1. The molecule has 6 heteroatoms. The third-order valence-corrected chi connectivity index (χ3v) is 8.38. The summed E-state index contributed by atoms with van der Waals surface area (Å²) in [6.45, 7) is 1.26. The van der Waals surface area contributed by atoms with Crippen LogP contribution in [0.15, 0.2) is 42.5 Å². The first kappa shape index (κ1) is 18.8. The minimum Gasteiger partial charge on any atom is -0.379 e. The average Bonchev–Trinajstić information content (AvgIpc) is 3.43. The molecule has 1 aromatic heterocycles. The zero-order chi connectivity index (χ0) is 20.5. The van der Waals surface area contributed by atoms with E-state index in [1.54, 1.807) is 0 Å². The van der Waals surface area contributed by atoms with E-state index in [9.17, 15) is 9.90 Å². The van der Waals surface area contributed by atoms with Crippen LogP contribution >= 0.6 is 22.9 Å². The van der Waals surface area contributed by atoms with E-state index in [0.717, 1.165) is 34.4 Å². The Bertz CT molecular complexity index is 1160. The van der Waals surface area contributed by atoms with Crippen molar-refractivity contribution in [3.8, 4) is 11.1 Å². The molecule has 2 N–H and O–H groups in total. The van der Waals surface area contributed by atoms with E-state index >= 15 is 0 Å². The molecule has 1 amide bonds. The van der Waals surface area contributed by atoms with Gasteiger partial charge in [0.1, 0.15) is 11.1 Å². The number of hydrogen-bond acceptors (Lipinski definition) is 4. The zero-order valence-corrected chi connectivity index (χ0v) is 18.1. The summed E-state index contributed by atoms with van der Waals surface area (Å²) >= 11 is 8.11. The predicted molar refractivity (Wildman–Crippen MR) is 121 cm³/mol. The van der Waals surface area contributed by atoms with Crippen molar-refractivity contribution >= 4 is 38.9 Å². The van der Waals surface area contributed by atoms with Crippen LogP contribution in [0.3, 0.4) is 0 Å². The summed E-state index contributed by atoms with van der Waals surface area (Å²) in [6.07, 6.45) is 3.78. The first-order valence-electron chi connectivity index (χ1n) is 10.6. The van der Waals surface area contributed by atoms with E-state index in [-0.39, 0.29) is 11.4 Å². The minimum atomic E-state index is -0.452. The molecule has 6 rings (SSSR count). The van der Waals surface area contributed by atoms with Crippen LogP contribution in [-0.4, -0.2) is 40.8 Å². The molecular weight excluding hydrogens is 416 g/mol. The number of benzene rings is 2. The maximum absolute atomic E-state index is 13.1. The second-order valence-corrected chi connectivity index (χ2v) is 10.4. The standard InChI is InChI=1S/C24H23ClN2O2S/c25-21-18-7-6-17(16-3-1-2-15(10-16)14-4-5-14)11-19(18)30-22(21)23(29)27-12-24(13-27)9-8-20(28)26-24/h1-3,6-7,10-11,14,20,26,28H,4-5,8-9,12-13H2. The van der Waals surface area contributed by atoms with Crippen LogP contribution in [0.2, 0.25) is 5.02 Å². The number of nitrogens with one attached hydrogen (secondary N) is 1. The van der Waals surface area contributed by atoms with Gasteiger partial charge >= 0.3 is 0 Å². The highest BCUT2D eigenvalue weighted by atomic mass is 35.5. The third-order valence-electron chi connectivity index (χ3n) is 6.74. The fourth-order valence-corrected chi connectivity index (χ4v) is 6.42. The van der Waals surface area contributed by atoms with Gasteiger partial charge in [-0.3, -0.25) is 10.1 Å². The topological polar surface area (TPSA) is 52.6 Å². The molecule has 4 nitrogen and oxygen atoms in total. The summed E-state index contributed by atoms with van der Waals surface area (Å²) in [7, 11) is 0. The first-order valence-corrected chi connectivity index (χ1v) is 11.8. The number of halogens is 1. The largest absolute Gasteiger partial charge is 0.379 e. The van der Waals surface area contributed by atoms with Crippen molar-refractivity contribution in [2.24, 2.45) is 0 Å². The molecule has 154 valence electrons. The highest BCUT2D eigenvalue weighted by molar-refractivity contribution is 7.21. The Morgan fingerprint density at radius 2 is 1.93 bits per heavy atom. The summed E-state index contributed by atoms with van der Waals surface area (Å²) in [5.41, 5.74) is 3.69. The van der Waals surface area contributed by atoms with Gasteiger partial charge in [0.2, 0.25) is 0 Å². The molecule has 1 spiro atoms. The third kappa shape index (κ3) is 3.07. The second kappa shape index (κ2) is 6.79. The van der Waals surface area contributed by atoms with Crippen LogP contribution < -0.4 is 5.32 Å². The van der Waals surface area contributed by atoms with Crippen molar-refractivity contribution in [2.45, 2.75) is 43.4 Å². The van der Waals surface area contributed by atoms with Gasteiger partial charge in [-0.25, -0.2) is 0 Å².